The fraction of sp³-hybridized carbons (Fsp3) is 0.268. The number of amides is 2. The second-order valence-corrected chi connectivity index (χ2v) is 28.0. The number of esters is 2. The van der Waals surface area contributed by atoms with Crippen LogP contribution in [0.5, 0.6) is 5.88 Å². The summed E-state index contributed by atoms with van der Waals surface area (Å²) in [7, 11) is 2.55. The molecule has 2 aliphatic rings. The number of hydrogen-bond donors (Lipinski definition) is 6. The zero-order valence-corrected chi connectivity index (χ0v) is 63.1. The van der Waals surface area contributed by atoms with E-state index in [0.29, 0.717) is 44.2 Å². The Morgan fingerprint density at radius 3 is 1.33 bits per heavy atom. The van der Waals surface area contributed by atoms with Crippen molar-refractivity contribution in [2.24, 2.45) is 5.73 Å². The molecule has 556 valence electrons. The average Bonchev–Trinajstić information content (AvgIpc) is 1.66. The first kappa shape index (κ1) is 80.7. The van der Waals surface area contributed by atoms with Crippen molar-refractivity contribution < 1.29 is 57.9 Å². The smallest absolute Gasteiger partial charge is 0.411 e. The van der Waals surface area contributed by atoms with Gasteiger partial charge < -0.3 is 49.6 Å². The highest BCUT2D eigenvalue weighted by molar-refractivity contribution is 9.10. The number of carboxylic acid groups (broad SMARTS) is 1. The molecule has 0 saturated carbocycles. The maximum absolute atomic E-state index is 12.8. The molecule has 25 heteroatoms. The molecule has 1 unspecified atom stereocenters. The van der Waals surface area contributed by atoms with Gasteiger partial charge in [-0.1, -0.05) is 168 Å². The number of aromatic carboxylic acids is 1. The largest absolute Gasteiger partial charge is 0.478 e. The van der Waals surface area contributed by atoms with Crippen LogP contribution in [0.15, 0.2) is 208 Å². The quantitative estimate of drug-likeness (QED) is 0.0338. The number of aromatic amines is 2. The number of β-amino-alcohol motifs (C(OH)–C–C–N with tert-alkyl or cyclic N) is 1. The standard InChI is InChI=1S/C26H29N3O5.2C15H12N2O.C11H19NO5.C8H7BrO2.C7H8N2/c1-16-11-12-20-19(13-16)23(28-22(27-20)17-9-7-6-8-10-17)33-18-14-21(24(30)32-5)29(15-18)25(31)34-26(2,3)4;2*1-10-7-8-13-12(9-10)15(18)17-14(16-13)11-5-3-2-4-6-11;1-11(2,3)17-10(15)12-6-7(13)5-8(12)9(14)16-4;1-5-2-3-7(9)6(4-5)8(10)11;8-7(9)6-4-2-1-3-5-6/h6-13,18,21H,14-15H2,1-5H3;2*2-9H,1H3,(H,16,17,18);7-8,13H,5-6H2,1-4H3;2-4H,1H3,(H,10,11);1-5H,(H3,8,9)/t18-,21+;;;7?,8-;;/m1..0../s1. The number of carbonyl (C=O) groups excluding carboxylic acids is 4. The first-order valence-electron chi connectivity index (χ1n) is 34.1. The van der Waals surface area contributed by atoms with Crippen molar-refractivity contribution in [2.75, 3.05) is 27.3 Å². The number of methoxy groups -OCH3 is 2. The Bertz CT molecular complexity index is 4940. The fourth-order valence-corrected chi connectivity index (χ4v) is 11.4. The number of hydrogen-bond acceptors (Lipinski definition) is 18. The minimum absolute atomic E-state index is 0.0919. The number of carboxylic acids is 1. The van der Waals surface area contributed by atoms with E-state index in [2.05, 4.69) is 40.6 Å². The van der Waals surface area contributed by atoms with E-state index in [1.165, 1.54) is 24.0 Å². The number of aryl methyl sites for hydroxylation is 4. The number of aliphatic hydroxyl groups excluding tert-OH is 1. The van der Waals surface area contributed by atoms with Gasteiger partial charge in [-0.3, -0.25) is 24.8 Å². The van der Waals surface area contributed by atoms with E-state index in [9.17, 15) is 38.7 Å². The van der Waals surface area contributed by atoms with E-state index >= 15 is 0 Å². The number of amidine groups is 1. The lowest BCUT2D eigenvalue weighted by Crippen LogP contribution is -2.44. The van der Waals surface area contributed by atoms with E-state index in [1.807, 2.05) is 210 Å². The summed E-state index contributed by atoms with van der Waals surface area (Å²) >= 11 is 3.15. The normalized spacial score (nSPS) is 15.0. The summed E-state index contributed by atoms with van der Waals surface area (Å²) in [5.74, 6) is 0.341. The summed E-state index contributed by atoms with van der Waals surface area (Å²) in [4.78, 5) is 110. The number of halogens is 1. The van der Waals surface area contributed by atoms with Crippen LogP contribution in [0.4, 0.5) is 9.59 Å². The molecule has 0 spiro atoms. The lowest BCUT2D eigenvalue weighted by Gasteiger charge is -2.27. The van der Waals surface area contributed by atoms with Gasteiger partial charge in [-0.2, -0.15) is 4.98 Å². The van der Waals surface area contributed by atoms with Gasteiger partial charge in [-0.25, -0.2) is 38.9 Å². The van der Waals surface area contributed by atoms with Gasteiger partial charge in [-0.05, 0) is 134 Å². The molecule has 3 aromatic heterocycles. The zero-order valence-electron chi connectivity index (χ0n) is 61.5. The number of nitrogens with zero attached hydrogens (tertiary/aromatic N) is 6. The third kappa shape index (κ3) is 23.0. The Balaban J connectivity index is 0.000000171. The number of aliphatic hydroxyl groups is 1. The highest BCUT2D eigenvalue weighted by Crippen LogP contribution is 2.32. The van der Waals surface area contributed by atoms with Crippen LogP contribution >= 0.6 is 15.9 Å². The Morgan fingerprint density at radius 1 is 0.523 bits per heavy atom. The van der Waals surface area contributed by atoms with Crippen molar-refractivity contribution in [3.8, 4) is 40.0 Å². The summed E-state index contributed by atoms with van der Waals surface area (Å²) in [6, 6.07) is 59.1. The maximum atomic E-state index is 12.8. The molecule has 24 nitrogen and oxygen atoms in total. The molecule has 13 rings (SSSR count). The van der Waals surface area contributed by atoms with Crippen molar-refractivity contribution in [1.82, 2.24) is 39.7 Å². The SMILES string of the molecule is COC(=O)[C@@H]1CC(O)CN1C(=O)OC(C)(C)C.COC(=O)[C@@H]1C[C@@H](Oc2nc(-c3ccccc3)nc3ccc(C)cc23)CN1C(=O)OC(C)(C)C.Cc1ccc(Br)c(C(=O)O)c1.Cc1ccc2nc(-c3ccccc3)[nH]c(=O)c2c1.Cc1ccc2nc(-c3ccccc3)[nH]c(=O)c2c1.N=C(N)c1ccccc1. The topological polar surface area (TPSA) is 346 Å². The van der Waals surface area contributed by atoms with Gasteiger partial charge in [-0.15, -0.1) is 0 Å². The van der Waals surface area contributed by atoms with Gasteiger partial charge in [0, 0.05) is 39.6 Å². The summed E-state index contributed by atoms with van der Waals surface area (Å²) in [6.07, 6.45) is -1.92. The van der Waals surface area contributed by atoms with Crippen LogP contribution in [-0.4, -0.2) is 149 Å². The molecule has 0 bridgehead atoms. The molecule has 8 aromatic carbocycles. The number of carbonyl (C=O) groups is 5. The van der Waals surface area contributed by atoms with Crippen LogP contribution in [-0.2, 0) is 28.5 Å². The van der Waals surface area contributed by atoms with Crippen LogP contribution < -0.4 is 21.6 Å². The second-order valence-electron chi connectivity index (χ2n) is 27.1. The van der Waals surface area contributed by atoms with Crippen LogP contribution in [0.2, 0.25) is 0 Å². The van der Waals surface area contributed by atoms with Crippen molar-refractivity contribution in [3.63, 3.8) is 0 Å². The van der Waals surface area contributed by atoms with Gasteiger partial charge in [0.1, 0.15) is 46.9 Å². The Morgan fingerprint density at radius 2 is 0.916 bits per heavy atom. The molecule has 2 amide bonds. The summed E-state index contributed by atoms with van der Waals surface area (Å²) in [5.41, 5.74) is 13.8. The Kier molecular flexibility index (Phi) is 27.6. The summed E-state index contributed by atoms with van der Waals surface area (Å²) in [5, 5.41) is 27.2. The van der Waals surface area contributed by atoms with Crippen molar-refractivity contribution in [2.45, 2.75) is 118 Å². The number of aromatic nitrogens is 6. The number of nitrogen functional groups attached to an aromatic ring is 1. The van der Waals surface area contributed by atoms with Crippen LogP contribution in [0.25, 0.3) is 66.9 Å². The van der Waals surface area contributed by atoms with E-state index in [1.54, 1.807) is 53.7 Å². The van der Waals surface area contributed by atoms with Gasteiger partial charge in [0.2, 0.25) is 5.88 Å². The Labute approximate surface area is 627 Å². The minimum Gasteiger partial charge on any atom is -0.478 e. The molecule has 2 saturated heterocycles. The molecule has 107 heavy (non-hydrogen) atoms. The number of nitrogens with one attached hydrogen (secondary N) is 3. The third-order valence-corrected chi connectivity index (χ3v) is 16.8. The molecular weight excluding hydrogens is 1430 g/mol. The predicted octanol–water partition coefficient (Wildman–Crippen LogP) is 14.3. The number of H-pyrrole nitrogens is 2. The zero-order chi connectivity index (χ0) is 77.9. The molecule has 2 fully saturated rings. The van der Waals surface area contributed by atoms with Gasteiger partial charge in [0.05, 0.1) is 71.7 Å². The molecule has 2 aliphatic heterocycles. The minimum atomic E-state index is -0.902. The van der Waals surface area contributed by atoms with Crippen LogP contribution in [0.3, 0.4) is 0 Å². The van der Waals surface area contributed by atoms with E-state index < -0.39 is 65.6 Å². The van der Waals surface area contributed by atoms with Crippen molar-refractivity contribution in [1.29, 1.82) is 5.41 Å². The Hall–Kier alpha value is -12.0. The number of rotatable bonds is 9. The summed E-state index contributed by atoms with van der Waals surface area (Å²) in [6.45, 7) is 18.6. The van der Waals surface area contributed by atoms with E-state index in [0.717, 1.165) is 66.4 Å². The van der Waals surface area contributed by atoms with Gasteiger partial charge >= 0.3 is 30.1 Å². The lowest BCUT2D eigenvalue weighted by atomic mass is 10.1. The second kappa shape index (κ2) is 36.6. The first-order chi connectivity index (χ1) is 50.8. The predicted molar refractivity (Wildman–Crippen MR) is 415 cm³/mol. The summed E-state index contributed by atoms with van der Waals surface area (Å²) < 4.78 is 27.2. The van der Waals surface area contributed by atoms with E-state index in [-0.39, 0.29) is 42.9 Å². The number of benzene rings is 8. The fourth-order valence-electron chi connectivity index (χ4n) is 11.0. The molecule has 0 radical (unpaired) electrons. The van der Waals surface area contributed by atoms with Crippen LogP contribution in [0, 0.1) is 33.1 Å². The molecule has 4 atom stereocenters. The molecule has 7 N–H and O–H groups in total. The van der Waals surface area contributed by atoms with Crippen molar-refractivity contribution in [3.05, 3.63) is 253 Å². The molecule has 5 heterocycles. The first-order valence-corrected chi connectivity index (χ1v) is 34.9. The number of nitrogens with two attached hydrogens (primary N) is 1. The monoisotopic (exact) mass is 1510 g/mol. The number of ether oxygens (including phenoxy) is 5. The van der Waals surface area contributed by atoms with Crippen molar-refractivity contribution >= 4 is 84.6 Å². The van der Waals surface area contributed by atoms with Gasteiger partial charge in [0.25, 0.3) is 11.1 Å². The molecular formula is C82H87BrN10O14. The maximum Gasteiger partial charge on any atom is 0.411 e. The van der Waals surface area contributed by atoms with Crippen LogP contribution in [0.1, 0.15) is 92.6 Å². The highest BCUT2D eigenvalue weighted by Gasteiger charge is 2.44. The van der Waals surface area contributed by atoms with E-state index in [4.69, 9.17) is 45.2 Å². The molecule has 0 aliphatic carbocycles. The lowest BCUT2D eigenvalue weighted by molar-refractivity contribution is -0.146. The molecule has 11 aromatic rings. The van der Waals surface area contributed by atoms with Gasteiger partial charge in [0.15, 0.2) is 5.82 Å². The average molecular weight is 1520 g/mol. The third-order valence-electron chi connectivity index (χ3n) is 16.1. The number of likely N-dealkylation sites (tertiary alicyclic amines) is 2. The highest BCUT2D eigenvalue weighted by atomic mass is 79.9. The number of fused-ring (bicyclic) bond motifs is 3.